The molecule has 0 spiro atoms. The molecule has 0 radical (unpaired) electrons. The predicted molar refractivity (Wildman–Crippen MR) is 99.4 cm³/mol. The van der Waals surface area contributed by atoms with Crippen LogP contribution in [0.2, 0.25) is 0 Å². The second-order valence-corrected chi connectivity index (χ2v) is 8.18. The Morgan fingerprint density at radius 2 is 1.84 bits per heavy atom. The average Bonchev–Trinajstić information content (AvgIpc) is 3.00. The molecule has 3 rings (SSSR count). The van der Waals surface area contributed by atoms with Crippen molar-refractivity contribution in [2.75, 3.05) is 18.9 Å². The smallest absolute Gasteiger partial charge is 0.267 e. The molecule has 1 aromatic heterocycles. The van der Waals surface area contributed by atoms with Crippen molar-refractivity contribution in [1.29, 1.82) is 0 Å². The van der Waals surface area contributed by atoms with Crippen molar-refractivity contribution in [3.05, 3.63) is 41.5 Å². The van der Waals surface area contributed by atoms with Crippen LogP contribution in [0.15, 0.2) is 35.2 Å². The minimum absolute atomic E-state index is 0.00140. The number of anilines is 1. The molecule has 25 heavy (non-hydrogen) atoms. The Labute approximate surface area is 150 Å². The first kappa shape index (κ1) is 17.5. The molecule has 0 saturated carbocycles. The van der Waals surface area contributed by atoms with E-state index in [0.29, 0.717) is 10.9 Å². The van der Waals surface area contributed by atoms with Crippen LogP contribution in [-0.2, 0) is 10.0 Å². The highest BCUT2D eigenvalue weighted by Crippen LogP contribution is 2.33. The minimum atomic E-state index is -3.87. The van der Waals surface area contributed by atoms with Crippen LogP contribution >= 0.6 is 11.3 Å². The normalized spacial score (nSPS) is 11.5. The maximum Gasteiger partial charge on any atom is 0.267 e. The number of aromatic nitrogens is 1. The number of hydrogen-bond acceptors (Lipinski definition) is 6. The number of hydrogen-bond donors (Lipinski definition) is 1. The van der Waals surface area contributed by atoms with Gasteiger partial charge in [0.05, 0.1) is 24.4 Å². The number of sulfonamides is 1. The van der Waals surface area contributed by atoms with Gasteiger partial charge in [0.25, 0.3) is 10.0 Å². The van der Waals surface area contributed by atoms with Gasteiger partial charge in [-0.2, -0.15) is 0 Å². The molecular weight excluding hydrogens is 360 g/mol. The van der Waals surface area contributed by atoms with Gasteiger partial charge in [0.15, 0.2) is 5.13 Å². The highest BCUT2D eigenvalue weighted by atomic mass is 32.2. The van der Waals surface area contributed by atoms with Crippen molar-refractivity contribution >= 4 is 36.7 Å². The molecule has 0 aliphatic carbocycles. The zero-order valence-electron chi connectivity index (χ0n) is 14.3. The van der Waals surface area contributed by atoms with Gasteiger partial charge in [-0.3, -0.25) is 4.72 Å². The summed E-state index contributed by atoms with van der Waals surface area (Å²) in [6, 6.07) is 8.56. The van der Waals surface area contributed by atoms with Crippen molar-refractivity contribution in [2.24, 2.45) is 0 Å². The number of thiazole rings is 1. The minimum Gasteiger partial charge on any atom is -0.497 e. The number of ether oxygens (including phenoxy) is 2. The van der Waals surface area contributed by atoms with Crippen LogP contribution in [0, 0.1) is 13.8 Å². The molecule has 132 valence electrons. The molecular formula is C17H18N2O4S2. The van der Waals surface area contributed by atoms with Crippen LogP contribution in [0.4, 0.5) is 5.13 Å². The van der Waals surface area contributed by atoms with Crippen molar-refractivity contribution in [2.45, 2.75) is 18.7 Å². The summed E-state index contributed by atoms with van der Waals surface area (Å²) in [6.07, 6.45) is 0. The number of aryl methyl sites for hydroxylation is 2. The zero-order valence-corrected chi connectivity index (χ0v) is 15.9. The van der Waals surface area contributed by atoms with Crippen molar-refractivity contribution in [3.63, 3.8) is 0 Å². The molecule has 3 aromatic rings. The molecule has 8 heteroatoms. The van der Waals surface area contributed by atoms with E-state index in [1.807, 2.05) is 26.0 Å². The van der Waals surface area contributed by atoms with Crippen molar-refractivity contribution in [3.8, 4) is 11.5 Å². The summed E-state index contributed by atoms with van der Waals surface area (Å²) in [5.41, 5.74) is 2.96. The van der Waals surface area contributed by atoms with Crippen molar-refractivity contribution < 1.29 is 17.9 Å². The summed E-state index contributed by atoms with van der Waals surface area (Å²) in [4.78, 5) is 4.44. The molecule has 2 aromatic carbocycles. The summed E-state index contributed by atoms with van der Waals surface area (Å²) in [5.74, 6) is 0.665. The largest absolute Gasteiger partial charge is 0.497 e. The Hall–Kier alpha value is -2.32. The van der Waals surface area contributed by atoms with Gasteiger partial charge in [-0.15, -0.1) is 0 Å². The first-order valence-electron chi connectivity index (χ1n) is 7.47. The third-order valence-electron chi connectivity index (χ3n) is 3.97. The summed E-state index contributed by atoms with van der Waals surface area (Å²) < 4.78 is 39.4. The van der Waals surface area contributed by atoms with Crippen LogP contribution < -0.4 is 14.2 Å². The highest BCUT2D eigenvalue weighted by Gasteiger charge is 2.22. The van der Waals surface area contributed by atoms with E-state index in [1.165, 1.54) is 31.6 Å². The van der Waals surface area contributed by atoms with Crippen LogP contribution in [-0.4, -0.2) is 27.6 Å². The summed E-state index contributed by atoms with van der Waals surface area (Å²) in [7, 11) is -0.969. The molecule has 0 saturated heterocycles. The number of nitrogens with one attached hydrogen (secondary N) is 1. The van der Waals surface area contributed by atoms with Crippen LogP contribution in [0.1, 0.15) is 11.1 Å². The van der Waals surface area contributed by atoms with E-state index in [4.69, 9.17) is 9.47 Å². The van der Waals surface area contributed by atoms with E-state index < -0.39 is 10.0 Å². The lowest BCUT2D eigenvalue weighted by Crippen LogP contribution is -2.14. The lowest BCUT2D eigenvalue weighted by atomic mass is 10.1. The van der Waals surface area contributed by atoms with E-state index in [-0.39, 0.29) is 10.6 Å². The molecule has 0 fully saturated rings. The lowest BCUT2D eigenvalue weighted by Gasteiger charge is -2.11. The third-order valence-corrected chi connectivity index (χ3v) is 6.39. The van der Waals surface area contributed by atoms with Gasteiger partial charge < -0.3 is 9.47 Å². The molecule has 1 heterocycles. The predicted octanol–water partition coefficient (Wildman–Crippen LogP) is 3.73. The van der Waals surface area contributed by atoms with E-state index in [0.717, 1.165) is 21.3 Å². The fourth-order valence-corrected chi connectivity index (χ4v) is 4.78. The Balaban J connectivity index is 2.04. The molecule has 0 aliphatic heterocycles. The number of rotatable bonds is 5. The fourth-order valence-electron chi connectivity index (χ4n) is 2.43. The van der Waals surface area contributed by atoms with Crippen molar-refractivity contribution in [1.82, 2.24) is 4.98 Å². The van der Waals surface area contributed by atoms with E-state index in [9.17, 15) is 8.42 Å². The maximum atomic E-state index is 12.8. The Morgan fingerprint density at radius 3 is 2.52 bits per heavy atom. The van der Waals surface area contributed by atoms with Gasteiger partial charge in [-0.25, -0.2) is 13.4 Å². The topological polar surface area (TPSA) is 77.5 Å². The number of nitrogens with zero attached hydrogens (tertiary/aromatic N) is 1. The first-order valence-corrected chi connectivity index (χ1v) is 9.77. The summed E-state index contributed by atoms with van der Waals surface area (Å²) >= 11 is 1.29. The quantitative estimate of drug-likeness (QED) is 0.732. The summed E-state index contributed by atoms with van der Waals surface area (Å²) in [5, 5.41) is 0.313. The van der Waals surface area contributed by atoms with Gasteiger partial charge >= 0.3 is 0 Å². The molecule has 0 aliphatic rings. The number of benzene rings is 2. The molecule has 0 atom stereocenters. The van der Waals surface area contributed by atoms with Crippen LogP contribution in [0.5, 0.6) is 11.5 Å². The highest BCUT2D eigenvalue weighted by molar-refractivity contribution is 7.93. The monoisotopic (exact) mass is 378 g/mol. The molecule has 1 N–H and O–H groups in total. The van der Waals surface area contributed by atoms with Crippen LogP contribution in [0.25, 0.3) is 10.2 Å². The second-order valence-electron chi connectivity index (χ2n) is 5.50. The summed E-state index contributed by atoms with van der Waals surface area (Å²) in [6.45, 7) is 3.97. The lowest BCUT2D eigenvalue weighted by molar-refractivity contribution is 0.392. The van der Waals surface area contributed by atoms with Crippen LogP contribution in [0.3, 0.4) is 0 Å². The van der Waals surface area contributed by atoms with Gasteiger partial charge in [0, 0.05) is 6.07 Å². The number of fused-ring (bicyclic) bond motifs is 1. The molecule has 0 bridgehead atoms. The average molecular weight is 378 g/mol. The Morgan fingerprint density at radius 1 is 1.08 bits per heavy atom. The second kappa shape index (κ2) is 6.53. The van der Waals surface area contributed by atoms with Gasteiger partial charge in [-0.1, -0.05) is 17.4 Å². The first-order chi connectivity index (χ1) is 11.9. The molecule has 0 unspecified atom stereocenters. The van der Waals surface area contributed by atoms with E-state index >= 15 is 0 Å². The standard InChI is InChI=1S/C17H18N2O4S2/c1-10-5-8-14-16(11(10)2)18-17(24-14)19-25(20,21)15-9-12(22-3)6-7-13(15)23-4/h5-9H,1-4H3,(H,18,19). The van der Waals surface area contributed by atoms with Gasteiger partial charge in [0.1, 0.15) is 16.4 Å². The SMILES string of the molecule is COc1ccc(OC)c(S(=O)(=O)Nc2nc3c(C)c(C)ccc3s2)c1. The molecule has 6 nitrogen and oxygen atoms in total. The number of methoxy groups -OCH3 is 2. The Kier molecular flexibility index (Phi) is 4.57. The van der Waals surface area contributed by atoms with Gasteiger partial charge in [0.2, 0.25) is 0 Å². The maximum absolute atomic E-state index is 12.8. The fraction of sp³-hybridized carbons (Fsp3) is 0.235. The molecule has 0 amide bonds. The van der Waals surface area contributed by atoms with E-state index in [2.05, 4.69) is 9.71 Å². The third kappa shape index (κ3) is 3.27. The zero-order chi connectivity index (χ0) is 18.2. The van der Waals surface area contributed by atoms with Gasteiger partial charge in [-0.05, 0) is 43.2 Å². The van der Waals surface area contributed by atoms with E-state index in [1.54, 1.807) is 12.1 Å². The Bertz CT molecular complexity index is 1040.